The van der Waals surface area contributed by atoms with Gasteiger partial charge in [0.05, 0.1) is 17.8 Å². The molecule has 3 heterocycles. The van der Waals surface area contributed by atoms with Crippen molar-refractivity contribution in [3.05, 3.63) is 58.9 Å². The standard InChI is InChI=1S/C20H19F5N4/c1-12-9-18(28-8-7-19(21,22)11-28)29-17(26-12)10-16(27-29)13(2)14-3-5-15(6-4-14)20(23,24)25/h3-6,9-10,13H,7-8,11H2,1-2H3. The molecule has 9 heteroatoms. The summed E-state index contributed by atoms with van der Waals surface area (Å²) in [5, 5.41) is 4.54. The lowest BCUT2D eigenvalue weighted by Gasteiger charge is -2.19. The molecule has 1 aliphatic heterocycles. The Labute approximate surface area is 164 Å². The van der Waals surface area contributed by atoms with Crippen molar-refractivity contribution in [1.29, 1.82) is 0 Å². The van der Waals surface area contributed by atoms with Crippen molar-refractivity contribution in [3.63, 3.8) is 0 Å². The van der Waals surface area contributed by atoms with Crippen molar-refractivity contribution in [1.82, 2.24) is 14.6 Å². The van der Waals surface area contributed by atoms with E-state index in [1.165, 1.54) is 16.6 Å². The van der Waals surface area contributed by atoms with Crippen LogP contribution in [0, 0.1) is 6.92 Å². The molecule has 3 aromatic rings. The summed E-state index contributed by atoms with van der Waals surface area (Å²) in [7, 11) is 0. The SMILES string of the molecule is Cc1cc(N2CCC(F)(F)C2)n2nc(C(C)c3ccc(C(F)(F)F)cc3)cc2n1. The number of nitrogens with zero attached hydrogens (tertiary/aromatic N) is 4. The molecule has 1 unspecified atom stereocenters. The minimum Gasteiger partial charge on any atom is -0.350 e. The fraction of sp³-hybridized carbons (Fsp3) is 0.400. The fourth-order valence-corrected chi connectivity index (χ4v) is 3.60. The highest BCUT2D eigenvalue weighted by atomic mass is 19.4. The van der Waals surface area contributed by atoms with Crippen molar-refractivity contribution in [2.45, 2.75) is 38.3 Å². The van der Waals surface area contributed by atoms with E-state index in [2.05, 4.69) is 10.1 Å². The molecule has 0 bridgehead atoms. The number of benzene rings is 1. The summed E-state index contributed by atoms with van der Waals surface area (Å²) in [4.78, 5) is 6.01. The van der Waals surface area contributed by atoms with Crippen molar-refractivity contribution < 1.29 is 22.0 Å². The predicted octanol–water partition coefficient (Wildman–Crippen LogP) is 5.05. The average Bonchev–Trinajstić information content (AvgIpc) is 3.22. The van der Waals surface area contributed by atoms with Gasteiger partial charge in [0.15, 0.2) is 5.65 Å². The van der Waals surface area contributed by atoms with Gasteiger partial charge in [0.2, 0.25) is 0 Å². The summed E-state index contributed by atoms with van der Waals surface area (Å²) in [6, 6.07) is 8.40. The van der Waals surface area contributed by atoms with E-state index in [4.69, 9.17) is 0 Å². The summed E-state index contributed by atoms with van der Waals surface area (Å²) in [5.74, 6) is -2.49. The number of alkyl halides is 5. The number of hydrogen-bond acceptors (Lipinski definition) is 3. The van der Waals surface area contributed by atoms with Gasteiger partial charge in [-0.05, 0) is 24.6 Å². The van der Waals surface area contributed by atoms with Crippen LogP contribution in [0.5, 0.6) is 0 Å². The Bertz CT molecular complexity index is 1040. The van der Waals surface area contributed by atoms with Crippen LogP contribution in [0.15, 0.2) is 36.4 Å². The van der Waals surface area contributed by atoms with E-state index in [1.807, 2.05) is 6.92 Å². The van der Waals surface area contributed by atoms with E-state index in [0.717, 1.165) is 12.1 Å². The van der Waals surface area contributed by atoms with Crippen LogP contribution in [0.3, 0.4) is 0 Å². The number of aromatic nitrogens is 3. The van der Waals surface area contributed by atoms with Gasteiger partial charge in [-0.1, -0.05) is 19.1 Å². The number of rotatable bonds is 3. The second-order valence-electron chi connectivity index (χ2n) is 7.46. The highest BCUT2D eigenvalue weighted by Gasteiger charge is 2.39. The molecule has 1 aliphatic rings. The first kappa shape index (κ1) is 19.6. The van der Waals surface area contributed by atoms with Gasteiger partial charge in [-0.25, -0.2) is 13.8 Å². The maximum absolute atomic E-state index is 13.7. The van der Waals surface area contributed by atoms with Crippen LogP contribution in [-0.4, -0.2) is 33.6 Å². The Balaban J connectivity index is 1.69. The maximum Gasteiger partial charge on any atom is 0.416 e. The van der Waals surface area contributed by atoms with Crippen molar-refractivity contribution in [3.8, 4) is 0 Å². The monoisotopic (exact) mass is 410 g/mol. The molecule has 1 saturated heterocycles. The highest BCUT2D eigenvalue weighted by molar-refractivity contribution is 5.53. The molecule has 2 aromatic heterocycles. The summed E-state index contributed by atoms with van der Waals surface area (Å²) >= 11 is 0. The molecular weight excluding hydrogens is 391 g/mol. The molecule has 0 radical (unpaired) electrons. The van der Waals surface area contributed by atoms with Gasteiger partial charge in [0.1, 0.15) is 5.82 Å². The predicted molar refractivity (Wildman–Crippen MR) is 98.5 cm³/mol. The molecule has 1 aromatic carbocycles. The topological polar surface area (TPSA) is 33.4 Å². The third-order valence-electron chi connectivity index (χ3n) is 5.23. The number of aryl methyl sites for hydroxylation is 1. The quantitative estimate of drug-likeness (QED) is 0.567. The van der Waals surface area contributed by atoms with Crippen molar-refractivity contribution >= 4 is 11.5 Å². The molecule has 0 saturated carbocycles. The van der Waals surface area contributed by atoms with Gasteiger partial charge in [-0.15, -0.1) is 0 Å². The van der Waals surface area contributed by atoms with Crippen molar-refractivity contribution in [2.75, 3.05) is 18.0 Å². The average molecular weight is 410 g/mol. The zero-order valence-electron chi connectivity index (χ0n) is 15.8. The lowest BCUT2D eigenvalue weighted by Crippen LogP contribution is -2.27. The summed E-state index contributed by atoms with van der Waals surface area (Å²) < 4.78 is 67.3. The van der Waals surface area contributed by atoms with Crippen molar-refractivity contribution in [2.24, 2.45) is 0 Å². The minimum atomic E-state index is -4.39. The number of halogens is 5. The smallest absolute Gasteiger partial charge is 0.350 e. The molecule has 0 aliphatic carbocycles. The lowest BCUT2D eigenvalue weighted by atomic mass is 9.97. The Morgan fingerprint density at radius 2 is 1.79 bits per heavy atom. The van der Waals surface area contributed by atoms with Gasteiger partial charge >= 0.3 is 6.18 Å². The molecule has 154 valence electrons. The third kappa shape index (κ3) is 3.77. The Kier molecular flexibility index (Phi) is 4.51. The van der Waals surface area contributed by atoms with E-state index in [9.17, 15) is 22.0 Å². The van der Waals surface area contributed by atoms with E-state index in [-0.39, 0.29) is 25.4 Å². The Morgan fingerprint density at radius 3 is 2.38 bits per heavy atom. The van der Waals surface area contributed by atoms with Crippen LogP contribution < -0.4 is 4.90 Å². The van der Waals surface area contributed by atoms with Gasteiger partial charge in [-0.3, -0.25) is 0 Å². The molecule has 4 nitrogen and oxygen atoms in total. The van der Waals surface area contributed by atoms with Crippen LogP contribution in [0.2, 0.25) is 0 Å². The Hall–Kier alpha value is -2.71. The minimum absolute atomic E-state index is 0.216. The zero-order chi connectivity index (χ0) is 21.0. The molecule has 29 heavy (non-hydrogen) atoms. The molecule has 1 fully saturated rings. The molecule has 0 N–H and O–H groups in total. The largest absolute Gasteiger partial charge is 0.416 e. The van der Waals surface area contributed by atoms with E-state index < -0.39 is 17.7 Å². The van der Waals surface area contributed by atoms with Crippen LogP contribution in [0.25, 0.3) is 5.65 Å². The lowest BCUT2D eigenvalue weighted by molar-refractivity contribution is -0.137. The summed E-state index contributed by atoms with van der Waals surface area (Å²) in [5.41, 5.74) is 1.76. The van der Waals surface area contributed by atoms with Gasteiger partial charge in [-0.2, -0.15) is 22.8 Å². The van der Waals surface area contributed by atoms with Gasteiger partial charge < -0.3 is 4.90 Å². The summed E-state index contributed by atoms with van der Waals surface area (Å²) in [6.45, 7) is 3.45. The van der Waals surface area contributed by atoms with Gasteiger partial charge in [0.25, 0.3) is 5.92 Å². The second kappa shape index (κ2) is 6.67. The van der Waals surface area contributed by atoms with Crippen LogP contribution in [0.1, 0.15) is 41.8 Å². The first-order valence-electron chi connectivity index (χ1n) is 9.21. The molecular formula is C20H19F5N4. The molecule has 0 amide bonds. The maximum atomic E-state index is 13.7. The van der Waals surface area contributed by atoms with Gasteiger partial charge in [0, 0.05) is 36.7 Å². The second-order valence-corrected chi connectivity index (χ2v) is 7.46. The van der Waals surface area contributed by atoms with E-state index >= 15 is 0 Å². The normalized spacial score (nSPS) is 17.8. The van der Waals surface area contributed by atoms with Crippen LogP contribution in [-0.2, 0) is 6.18 Å². The first-order valence-corrected chi connectivity index (χ1v) is 9.21. The number of anilines is 1. The molecule has 1 atom stereocenters. The Morgan fingerprint density at radius 1 is 1.10 bits per heavy atom. The van der Waals surface area contributed by atoms with Crippen LogP contribution in [0.4, 0.5) is 27.8 Å². The molecule has 0 spiro atoms. The zero-order valence-corrected chi connectivity index (χ0v) is 15.8. The fourth-order valence-electron chi connectivity index (χ4n) is 3.60. The number of fused-ring (bicyclic) bond motifs is 1. The highest BCUT2D eigenvalue weighted by Crippen LogP contribution is 2.33. The third-order valence-corrected chi connectivity index (χ3v) is 5.23. The molecule has 4 rings (SSSR count). The van der Waals surface area contributed by atoms with E-state index in [0.29, 0.717) is 28.4 Å². The first-order chi connectivity index (χ1) is 13.5. The number of hydrogen-bond donors (Lipinski definition) is 0. The van der Waals surface area contributed by atoms with Crippen LogP contribution >= 0.6 is 0 Å². The summed E-state index contributed by atoms with van der Waals surface area (Å²) in [6.07, 6.45) is -4.61. The van der Waals surface area contributed by atoms with E-state index in [1.54, 1.807) is 24.0 Å².